The molecule has 0 aromatic rings. The smallest absolute Gasteiger partial charge is 0.161 e. The van der Waals surface area contributed by atoms with Crippen LogP contribution < -0.4 is 11.5 Å². The van der Waals surface area contributed by atoms with Gasteiger partial charge >= 0.3 is 0 Å². The van der Waals surface area contributed by atoms with Crippen molar-refractivity contribution in [1.29, 1.82) is 0 Å². The Balaban J connectivity index is 0. The van der Waals surface area contributed by atoms with Gasteiger partial charge in [0, 0.05) is 0 Å². The molecule has 0 fully saturated rings. The molecule has 1 unspecified atom stereocenters. The normalized spacial score (nSPS) is 27.5. The molecule has 12 heavy (non-hydrogen) atoms. The number of hydrogen-bond acceptors (Lipinski definition) is 4. The van der Waals surface area contributed by atoms with E-state index in [1.165, 1.54) is 12.2 Å². The van der Waals surface area contributed by atoms with Gasteiger partial charge in [-0.2, -0.15) is 0 Å². The zero-order chi connectivity index (χ0) is 7.78. The molecule has 0 aromatic heterocycles. The van der Waals surface area contributed by atoms with E-state index < -0.39 is 5.72 Å². The highest BCUT2D eigenvalue weighted by molar-refractivity contribution is 5.85. The third kappa shape index (κ3) is 2.91. The lowest BCUT2D eigenvalue weighted by Crippen LogP contribution is -2.46. The number of nitrogens with two attached hydrogens (primary N) is 2. The van der Waals surface area contributed by atoms with E-state index in [2.05, 4.69) is 0 Å². The molecule has 0 aliphatic heterocycles. The van der Waals surface area contributed by atoms with Gasteiger partial charge in [0.1, 0.15) is 0 Å². The van der Waals surface area contributed by atoms with Crippen molar-refractivity contribution >= 4 is 24.8 Å². The van der Waals surface area contributed by atoms with Gasteiger partial charge in [-0.25, -0.2) is 0 Å². The van der Waals surface area contributed by atoms with Crippen molar-refractivity contribution in [3.8, 4) is 0 Å². The molecule has 4 nitrogen and oxygen atoms in total. The van der Waals surface area contributed by atoms with Crippen molar-refractivity contribution in [3.05, 3.63) is 23.6 Å². The van der Waals surface area contributed by atoms with E-state index in [9.17, 15) is 5.11 Å². The molecule has 0 radical (unpaired) electrons. The van der Waals surface area contributed by atoms with Gasteiger partial charge in [0.15, 0.2) is 5.72 Å². The van der Waals surface area contributed by atoms with Crippen LogP contribution in [0, 0.1) is 0 Å². The Morgan fingerprint density at radius 2 is 1.83 bits per heavy atom. The van der Waals surface area contributed by atoms with E-state index in [0.29, 0.717) is 0 Å². The molecule has 1 rings (SSSR count). The highest BCUT2D eigenvalue weighted by Gasteiger charge is 2.27. The molecule has 0 amide bonds. The minimum absolute atomic E-state index is 0. The Labute approximate surface area is 82.8 Å². The Kier molecular flexibility index (Phi) is 5.38. The highest BCUT2D eigenvalue weighted by Crippen LogP contribution is 2.19. The van der Waals surface area contributed by atoms with E-state index in [1.807, 2.05) is 0 Å². The van der Waals surface area contributed by atoms with Crippen LogP contribution in [0.2, 0.25) is 0 Å². The largest absolute Gasteiger partial charge is 0.512 e. The molecule has 1 aliphatic carbocycles. The van der Waals surface area contributed by atoms with Crippen LogP contribution in [0.5, 0.6) is 0 Å². The van der Waals surface area contributed by atoms with Crippen molar-refractivity contribution in [2.45, 2.75) is 12.1 Å². The monoisotopic (exact) mass is 214 g/mol. The fraction of sp³-hybridized carbons (Fsp3) is 0.333. The number of hydrogen-bond donors (Lipinski definition) is 4. The number of aliphatic hydroxyl groups is 2. The summed E-state index contributed by atoms with van der Waals surface area (Å²) < 4.78 is 0. The van der Waals surface area contributed by atoms with Gasteiger partial charge in [0.25, 0.3) is 0 Å². The van der Waals surface area contributed by atoms with Crippen LogP contribution in [0.4, 0.5) is 0 Å². The summed E-state index contributed by atoms with van der Waals surface area (Å²) in [5, 5.41) is 18.1. The first kappa shape index (κ1) is 14.1. The lowest BCUT2D eigenvalue weighted by atomic mass is 10.0. The number of rotatable bonds is 0. The van der Waals surface area contributed by atoms with Crippen LogP contribution in [0.25, 0.3) is 0 Å². The van der Waals surface area contributed by atoms with Crippen LogP contribution in [-0.2, 0) is 0 Å². The van der Waals surface area contributed by atoms with Gasteiger partial charge in [-0.05, 0) is 12.2 Å². The molecular weight excluding hydrogens is 203 g/mol. The van der Waals surface area contributed by atoms with Crippen molar-refractivity contribution < 1.29 is 10.2 Å². The lowest BCUT2D eigenvalue weighted by molar-refractivity contribution is 0.0701. The van der Waals surface area contributed by atoms with E-state index >= 15 is 0 Å². The van der Waals surface area contributed by atoms with Gasteiger partial charge in [0.2, 0.25) is 0 Å². The van der Waals surface area contributed by atoms with Crippen LogP contribution in [-0.4, -0.2) is 15.9 Å². The third-order valence-electron chi connectivity index (χ3n) is 1.41. The average molecular weight is 215 g/mol. The molecule has 6 N–H and O–H groups in total. The molecule has 0 aromatic carbocycles. The summed E-state index contributed by atoms with van der Waals surface area (Å²) >= 11 is 0. The van der Waals surface area contributed by atoms with Crippen molar-refractivity contribution in [3.63, 3.8) is 0 Å². The predicted octanol–water partition coefficient (Wildman–Crippen LogP) is 0.166. The van der Waals surface area contributed by atoms with Gasteiger partial charge in [-0.1, -0.05) is 0 Å². The Morgan fingerprint density at radius 1 is 1.33 bits per heavy atom. The Bertz CT molecular complexity index is 214. The first-order chi connectivity index (χ1) is 4.52. The highest BCUT2D eigenvalue weighted by atomic mass is 35.5. The molecule has 0 saturated heterocycles. The van der Waals surface area contributed by atoms with Crippen molar-refractivity contribution in [2.75, 3.05) is 0 Å². The molecule has 0 heterocycles. The summed E-state index contributed by atoms with van der Waals surface area (Å²) in [6, 6.07) is 0. The topological polar surface area (TPSA) is 92.5 Å². The summed E-state index contributed by atoms with van der Waals surface area (Å²) in [6.45, 7) is 0. The zero-order valence-corrected chi connectivity index (χ0v) is 7.86. The second kappa shape index (κ2) is 4.57. The Morgan fingerprint density at radius 3 is 2.17 bits per heavy atom. The van der Waals surface area contributed by atoms with Gasteiger partial charge in [0.05, 0.1) is 17.9 Å². The summed E-state index contributed by atoms with van der Waals surface area (Å²) in [4.78, 5) is 0. The predicted molar refractivity (Wildman–Crippen MR) is 51.2 cm³/mol. The summed E-state index contributed by atoms with van der Waals surface area (Å²) in [6.07, 6.45) is 2.78. The summed E-state index contributed by atoms with van der Waals surface area (Å²) in [5.41, 5.74) is 9.18. The van der Waals surface area contributed by atoms with Crippen LogP contribution in [0.3, 0.4) is 0 Å². The van der Waals surface area contributed by atoms with E-state index in [0.717, 1.165) is 0 Å². The SMILES string of the molecule is Cl.Cl.NC1=CC=C(O)CC1(N)O. The van der Waals surface area contributed by atoms with E-state index in [-0.39, 0.29) is 42.7 Å². The number of halogens is 2. The first-order valence-electron chi connectivity index (χ1n) is 2.89. The zero-order valence-electron chi connectivity index (χ0n) is 6.23. The molecule has 6 heteroatoms. The lowest BCUT2D eigenvalue weighted by Gasteiger charge is -2.25. The molecule has 0 spiro atoms. The van der Waals surface area contributed by atoms with Gasteiger partial charge in [-0.3, -0.25) is 5.73 Å². The maximum Gasteiger partial charge on any atom is 0.161 e. The van der Waals surface area contributed by atoms with Crippen molar-refractivity contribution in [1.82, 2.24) is 0 Å². The Hall–Kier alpha value is -0.420. The fourth-order valence-corrected chi connectivity index (χ4v) is 0.767. The van der Waals surface area contributed by atoms with Crippen LogP contribution in [0.1, 0.15) is 6.42 Å². The summed E-state index contributed by atoms with van der Waals surface area (Å²) in [5.74, 6) is 0.0409. The number of allylic oxidation sites excluding steroid dienone is 2. The van der Waals surface area contributed by atoms with Crippen molar-refractivity contribution in [2.24, 2.45) is 11.5 Å². The quantitative estimate of drug-likeness (QED) is 0.433. The van der Waals surface area contributed by atoms with Crippen LogP contribution in [0.15, 0.2) is 23.6 Å². The maximum atomic E-state index is 9.20. The first-order valence-corrected chi connectivity index (χ1v) is 2.89. The fourth-order valence-electron chi connectivity index (χ4n) is 0.767. The standard InChI is InChI=1S/C6H10N2O2.2ClH/c7-5-2-1-4(9)3-6(5,8)10;;/h1-2,9-10H,3,7-8H2;2*1H. The van der Waals surface area contributed by atoms with E-state index in [1.54, 1.807) is 0 Å². The maximum absolute atomic E-state index is 9.20. The van der Waals surface area contributed by atoms with Crippen LogP contribution >= 0.6 is 24.8 Å². The molecule has 1 atom stereocenters. The molecule has 0 saturated carbocycles. The van der Waals surface area contributed by atoms with E-state index in [4.69, 9.17) is 16.6 Å². The number of aliphatic hydroxyl groups excluding tert-OH is 1. The second-order valence-electron chi connectivity index (χ2n) is 2.38. The molecule has 72 valence electrons. The average Bonchev–Trinajstić information content (AvgIpc) is 1.78. The molecule has 0 bridgehead atoms. The van der Waals surface area contributed by atoms with Gasteiger partial charge in [-0.15, -0.1) is 24.8 Å². The molecule has 1 aliphatic rings. The van der Waals surface area contributed by atoms with Gasteiger partial charge < -0.3 is 15.9 Å². The minimum atomic E-state index is -1.57. The minimum Gasteiger partial charge on any atom is -0.512 e. The molecular formula is C6H12Cl2N2O2. The third-order valence-corrected chi connectivity index (χ3v) is 1.41. The summed E-state index contributed by atoms with van der Waals surface area (Å²) in [7, 11) is 0. The second-order valence-corrected chi connectivity index (χ2v) is 2.38.